The number of aliphatic hydroxyl groups is 1. The van der Waals surface area contributed by atoms with Gasteiger partial charge in [-0.25, -0.2) is 0 Å². The van der Waals surface area contributed by atoms with E-state index in [1.807, 2.05) is 14.0 Å². The Balaban J connectivity index is 3.29. The first-order valence-corrected chi connectivity index (χ1v) is 4.14. The summed E-state index contributed by atoms with van der Waals surface area (Å²) in [5, 5.41) is 9.02. The maximum absolute atomic E-state index is 9.02. The second-order valence-electron chi connectivity index (χ2n) is 3.38. The fourth-order valence-electron chi connectivity index (χ4n) is 0.966. The number of hydrogen-bond acceptors (Lipinski definition) is 3. The molecule has 0 aromatic rings. The number of hydrogen-bond donors (Lipinski definition) is 2. The van der Waals surface area contributed by atoms with Crippen LogP contribution in [0.3, 0.4) is 0 Å². The van der Waals surface area contributed by atoms with Crippen molar-refractivity contribution >= 4 is 0 Å². The minimum atomic E-state index is -0.243. The first-order valence-electron chi connectivity index (χ1n) is 4.14. The summed E-state index contributed by atoms with van der Waals surface area (Å²) >= 11 is 0. The lowest BCUT2D eigenvalue weighted by molar-refractivity contribution is 0.140. The van der Waals surface area contributed by atoms with Gasteiger partial charge in [-0.15, -0.1) is 0 Å². The molecule has 0 rings (SSSR count). The quantitative estimate of drug-likeness (QED) is 0.597. The smallest absolute Gasteiger partial charge is 0.0638 e. The zero-order valence-electron chi connectivity index (χ0n) is 7.75. The van der Waals surface area contributed by atoms with Crippen LogP contribution in [0, 0.1) is 0 Å². The zero-order chi connectivity index (χ0) is 8.85. The lowest BCUT2D eigenvalue weighted by Gasteiger charge is -2.18. The fraction of sp³-hybridized carbons (Fsp3) is 1.00. The standard InChI is InChI=1S/C8H20N2O/c1-7(9)4-5-10(3)6-8(2)11/h7-8,11H,4-6,9H2,1-3H3. The van der Waals surface area contributed by atoms with Crippen LogP contribution in [0.25, 0.3) is 0 Å². The zero-order valence-corrected chi connectivity index (χ0v) is 7.75. The molecule has 0 aliphatic carbocycles. The third-order valence-corrected chi connectivity index (χ3v) is 1.54. The van der Waals surface area contributed by atoms with Crippen molar-refractivity contribution in [1.82, 2.24) is 4.90 Å². The molecule has 2 atom stereocenters. The molecule has 0 aliphatic heterocycles. The van der Waals surface area contributed by atoms with Gasteiger partial charge in [-0.2, -0.15) is 0 Å². The Hall–Kier alpha value is -0.120. The average Bonchev–Trinajstić information content (AvgIpc) is 1.82. The molecule has 0 spiro atoms. The van der Waals surface area contributed by atoms with Gasteiger partial charge in [0, 0.05) is 12.6 Å². The summed E-state index contributed by atoms with van der Waals surface area (Å²) < 4.78 is 0. The van der Waals surface area contributed by atoms with Crippen LogP contribution in [-0.4, -0.2) is 42.3 Å². The Labute approximate surface area is 69.2 Å². The monoisotopic (exact) mass is 160 g/mol. The average molecular weight is 160 g/mol. The molecule has 0 amide bonds. The summed E-state index contributed by atoms with van der Waals surface area (Å²) in [5.74, 6) is 0. The summed E-state index contributed by atoms with van der Waals surface area (Å²) in [6, 6.07) is 0.256. The van der Waals surface area contributed by atoms with E-state index in [1.54, 1.807) is 6.92 Å². The normalized spacial score (nSPS) is 16.9. The second-order valence-corrected chi connectivity index (χ2v) is 3.38. The Morgan fingerprint density at radius 1 is 1.45 bits per heavy atom. The largest absolute Gasteiger partial charge is 0.392 e. The van der Waals surface area contributed by atoms with E-state index in [0.717, 1.165) is 19.5 Å². The first kappa shape index (κ1) is 10.9. The van der Waals surface area contributed by atoms with E-state index in [2.05, 4.69) is 4.90 Å². The summed E-state index contributed by atoms with van der Waals surface area (Å²) in [4.78, 5) is 2.09. The van der Waals surface area contributed by atoms with Crippen LogP contribution in [0.15, 0.2) is 0 Å². The Kier molecular flexibility index (Phi) is 5.46. The molecule has 3 N–H and O–H groups in total. The van der Waals surface area contributed by atoms with E-state index < -0.39 is 0 Å². The van der Waals surface area contributed by atoms with Gasteiger partial charge in [-0.05, 0) is 33.9 Å². The Morgan fingerprint density at radius 3 is 2.36 bits per heavy atom. The molecule has 0 saturated heterocycles. The summed E-state index contributed by atoms with van der Waals surface area (Å²) in [5.41, 5.74) is 5.58. The molecule has 3 nitrogen and oxygen atoms in total. The highest BCUT2D eigenvalue weighted by atomic mass is 16.3. The molecule has 0 aromatic heterocycles. The molecule has 0 fully saturated rings. The first-order chi connectivity index (χ1) is 5.02. The molecule has 68 valence electrons. The Morgan fingerprint density at radius 2 is 2.00 bits per heavy atom. The van der Waals surface area contributed by atoms with Crippen molar-refractivity contribution in [3.05, 3.63) is 0 Å². The van der Waals surface area contributed by atoms with Crippen molar-refractivity contribution in [2.45, 2.75) is 32.4 Å². The van der Waals surface area contributed by atoms with Gasteiger partial charge in [0.1, 0.15) is 0 Å². The van der Waals surface area contributed by atoms with Crippen LogP contribution in [0.5, 0.6) is 0 Å². The SMILES string of the molecule is CC(N)CCN(C)CC(C)O. The lowest BCUT2D eigenvalue weighted by atomic mass is 10.2. The molecule has 2 unspecified atom stereocenters. The highest BCUT2D eigenvalue weighted by molar-refractivity contribution is 4.60. The molecular weight excluding hydrogens is 140 g/mol. The number of likely N-dealkylation sites (N-methyl/N-ethyl adjacent to an activating group) is 1. The molecule has 11 heavy (non-hydrogen) atoms. The van der Waals surface area contributed by atoms with Crippen LogP contribution < -0.4 is 5.73 Å². The lowest BCUT2D eigenvalue weighted by Crippen LogP contribution is -2.31. The predicted octanol–water partition coefficient (Wildman–Crippen LogP) is 0.0363. The molecule has 0 saturated carbocycles. The van der Waals surface area contributed by atoms with Gasteiger partial charge in [-0.3, -0.25) is 0 Å². The molecule has 0 bridgehead atoms. The molecule has 0 aromatic carbocycles. The van der Waals surface area contributed by atoms with Crippen molar-refractivity contribution in [3.63, 3.8) is 0 Å². The van der Waals surface area contributed by atoms with Crippen LogP contribution >= 0.6 is 0 Å². The van der Waals surface area contributed by atoms with E-state index in [-0.39, 0.29) is 12.1 Å². The van der Waals surface area contributed by atoms with E-state index >= 15 is 0 Å². The molecular formula is C8H20N2O. The van der Waals surface area contributed by atoms with Crippen LogP contribution in [-0.2, 0) is 0 Å². The van der Waals surface area contributed by atoms with Crippen molar-refractivity contribution in [2.75, 3.05) is 20.1 Å². The third kappa shape index (κ3) is 7.78. The van der Waals surface area contributed by atoms with Crippen LogP contribution in [0.4, 0.5) is 0 Å². The van der Waals surface area contributed by atoms with Gasteiger partial charge in [0.2, 0.25) is 0 Å². The van der Waals surface area contributed by atoms with E-state index in [1.165, 1.54) is 0 Å². The predicted molar refractivity (Wildman–Crippen MR) is 47.4 cm³/mol. The van der Waals surface area contributed by atoms with Gasteiger partial charge in [0.15, 0.2) is 0 Å². The van der Waals surface area contributed by atoms with Gasteiger partial charge in [0.05, 0.1) is 6.10 Å². The molecule has 0 radical (unpaired) electrons. The van der Waals surface area contributed by atoms with Crippen LogP contribution in [0.1, 0.15) is 20.3 Å². The summed E-state index contributed by atoms with van der Waals surface area (Å²) in [7, 11) is 2.00. The molecule has 0 aliphatic rings. The van der Waals surface area contributed by atoms with Crippen molar-refractivity contribution < 1.29 is 5.11 Å². The number of aliphatic hydroxyl groups excluding tert-OH is 1. The van der Waals surface area contributed by atoms with E-state index in [0.29, 0.717) is 0 Å². The highest BCUT2D eigenvalue weighted by Gasteiger charge is 2.03. The van der Waals surface area contributed by atoms with Crippen molar-refractivity contribution in [3.8, 4) is 0 Å². The summed E-state index contributed by atoms with van der Waals surface area (Å²) in [6.07, 6.45) is 0.747. The van der Waals surface area contributed by atoms with Crippen molar-refractivity contribution in [2.24, 2.45) is 5.73 Å². The van der Waals surface area contributed by atoms with Gasteiger partial charge in [-0.1, -0.05) is 0 Å². The minimum Gasteiger partial charge on any atom is -0.392 e. The highest BCUT2D eigenvalue weighted by Crippen LogP contribution is 1.92. The summed E-state index contributed by atoms with van der Waals surface area (Å²) in [6.45, 7) is 5.48. The van der Waals surface area contributed by atoms with E-state index in [4.69, 9.17) is 10.8 Å². The van der Waals surface area contributed by atoms with Gasteiger partial charge >= 0.3 is 0 Å². The maximum atomic E-state index is 9.02. The third-order valence-electron chi connectivity index (χ3n) is 1.54. The van der Waals surface area contributed by atoms with Crippen molar-refractivity contribution in [1.29, 1.82) is 0 Å². The van der Waals surface area contributed by atoms with Gasteiger partial charge in [0.25, 0.3) is 0 Å². The molecule has 3 heteroatoms. The molecule has 0 heterocycles. The topological polar surface area (TPSA) is 49.5 Å². The second kappa shape index (κ2) is 5.52. The number of nitrogens with two attached hydrogens (primary N) is 1. The maximum Gasteiger partial charge on any atom is 0.0638 e. The minimum absolute atomic E-state index is 0.243. The number of rotatable bonds is 5. The van der Waals surface area contributed by atoms with Gasteiger partial charge < -0.3 is 15.7 Å². The Bertz CT molecular complexity index is 94.1. The fourth-order valence-corrected chi connectivity index (χ4v) is 0.966. The van der Waals surface area contributed by atoms with E-state index in [9.17, 15) is 0 Å². The number of nitrogens with zero attached hydrogens (tertiary/aromatic N) is 1. The van der Waals surface area contributed by atoms with Crippen LogP contribution in [0.2, 0.25) is 0 Å².